The van der Waals surface area contributed by atoms with Crippen LogP contribution in [-0.4, -0.2) is 16.9 Å². The summed E-state index contributed by atoms with van der Waals surface area (Å²) in [5.74, 6) is -0.760. The molecule has 3 N–H and O–H groups in total. The monoisotopic (exact) mass is 302 g/mol. The normalized spacial score (nSPS) is 13.0. The summed E-state index contributed by atoms with van der Waals surface area (Å²) in [6.07, 6.45) is 0. The summed E-state index contributed by atoms with van der Waals surface area (Å²) in [5.41, 5.74) is 1.71. The summed E-state index contributed by atoms with van der Waals surface area (Å²) in [6.45, 7) is 0.240. The van der Waals surface area contributed by atoms with Gasteiger partial charge in [-0.15, -0.1) is 0 Å². The van der Waals surface area contributed by atoms with Crippen LogP contribution in [-0.2, 0) is 6.54 Å². The van der Waals surface area contributed by atoms with Crippen molar-refractivity contribution in [2.75, 3.05) is 5.32 Å². The number of benzene rings is 2. The van der Waals surface area contributed by atoms with E-state index < -0.39 is 11.8 Å². The van der Waals surface area contributed by atoms with Crippen LogP contribution >= 0.6 is 11.6 Å². The van der Waals surface area contributed by atoms with Crippen molar-refractivity contribution in [3.05, 3.63) is 58.1 Å². The number of carbonyl (C=O) groups excluding carboxylic acids is 2. The number of nitrogens with one attached hydrogen (secondary N) is 2. The molecule has 2 amide bonds. The molecule has 21 heavy (non-hydrogen) atoms. The average Bonchev–Trinajstić information content (AvgIpc) is 2.74. The zero-order chi connectivity index (χ0) is 15.0. The van der Waals surface area contributed by atoms with Crippen LogP contribution in [0.3, 0.4) is 0 Å². The fourth-order valence-corrected chi connectivity index (χ4v) is 2.51. The summed E-state index contributed by atoms with van der Waals surface area (Å²) in [4.78, 5) is 23.4. The van der Waals surface area contributed by atoms with Crippen molar-refractivity contribution in [2.45, 2.75) is 6.54 Å². The van der Waals surface area contributed by atoms with Gasteiger partial charge in [-0.3, -0.25) is 14.9 Å². The summed E-state index contributed by atoms with van der Waals surface area (Å²) in [5, 5.41) is 15.5. The number of halogens is 1. The minimum Gasteiger partial charge on any atom is -0.508 e. The van der Waals surface area contributed by atoms with Gasteiger partial charge in [-0.2, -0.15) is 0 Å². The van der Waals surface area contributed by atoms with Crippen molar-refractivity contribution >= 4 is 29.1 Å². The van der Waals surface area contributed by atoms with E-state index in [9.17, 15) is 14.7 Å². The van der Waals surface area contributed by atoms with Crippen LogP contribution in [0, 0.1) is 0 Å². The molecule has 1 heterocycles. The average molecular weight is 303 g/mol. The highest BCUT2D eigenvalue weighted by atomic mass is 35.5. The van der Waals surface area contributed by atoms with Gasteiger partial charge in [-0.1, -0.05) is 23.7 Å². The van der Waals surface area contributed by atoms with Gasteiger partial charge in [-0.05, 0) is 24.3 Å². The van der Waals surface area contributed by atoms with Crippen molar-refractivity contribution in [1.82, 2.24) is 5.32 Å². The molecule has 0 saturated heterocycles. The van der Waals surface area contributed by atoms with E-state index in [1.54, 1.807) is 30.3 Å². The van der Waals surface area contributed by atoms with Crippen LogP contribution in [0.2, 0.25) is 5.02 Å². The lowest BCUT2D eigenvalue weighted by molar-refractivity contribution is 0.0880. The van der Waals surface area contributed by atoms with Gasteiger partial charge < -0.3 is 10.4 Å². The van der Waals surface area contributed by atoms with Crippen LogP contribution < -0.4 is 10.6 Å². The number of phenolic OH excluding ortho intramolecular Hbond substituents is 1. The number of fused-ring (bicyclic) bond motifs is 1. The fourth-order valence-electron chi connectivity index (χ4n) is 2.27. The van der Waals surface area contributed by atoms with Gasteiger partial charge in [0.1, 0.15) is 5.75 Å². The van der Waals surface area contributed by atoms with Crippen LogP contribution in [0.25, 0.3) is 0 Å². The Bertz CT molecular complexity index is 738. The molecule has 2 aromatic rings. The SMILES string of the molecule is O=C1NC(=O)c2c(NCc3c(O)cccc3Cl)cccc21. The smallest absolute Gasteiger partial charge is 0.261 e. The number of anilines is 1. The van der Waals surface area contributed by atoms with Crippen LogP contribution in [0.15, 0.2) is 36.4 Å². The van der Waals surface area contributed by atoms with E-state index in [0.717, 1.165) is 0 Å². The van der Waals surface area contributed by atoms with Gasteiger partial charge in [0.2, 0.25) is 0 Å². The van der Waals surface area contributed by atoms with E-state index in [-0.39, 0.29) is 12.3 Å². The molecule has 0 fully saturated rings. The summed E-state index contributed by atoms with van der Waals surface area (Å²) in [6, 6.07) is 9.83. The first-order valence-electron chi connectivity index (χ1n) is 6.27. The summed E-state index contributed by atoms with van der Waals surface area (Å²) >= 11 is 6.03. The Kier molecular flexibility index (Phi) is 3.27. The predicted octanol–water partition coefficient (Wildman–Crippen LogP) is 2.54. The van der Waals surface area contributed by atoms with Gasteiger partial charge >= 0.3 is 0 Å². The lowest BCUT2D eigenvalue weighted by Gasteiger charge is -2.11. The molecule has 106 valence electrons. The van der Waals surface area contributed by atoms with E-state index in [0.29, 0.717) is 27.4 Å². The molecule has 0 spiro atoms. The second kappa shape index (κ2) is 5.10. The van der Waals surface area contributed by atoms with Gasteiger partial charge in [-0.25, -0.2) is 0 Å². The number of rotatable bonds is 3. The molecule has 0 aromatic heterocycles. The first kappa shape index (κ1) is 13.5. The standard InChI is InChI=1S/C15H11ClN2O3/c16-10-4-2-6-12(19)9(10)7-17-11-5-1-3-8-13(11)15(21)18-14(8)20/h1-6,17,19H,7H2,(H,18,20,21). The van der Waals surface area contributed by atoms with Crippen molar-refractivity contribution in [3.63, 3.8) is 0 Å². The van der Waals surface area contributed by atoms with E-state index in [1.807, 2.05) is 0 Å². The number of amides is 2. The van der Waals surface area contributed by atoms with Crippen molar-refractivity contribution in [2.24, 2.45) is 0 Å². The fraction of sp³-hybridized carbons (Fsp3) is 0.0667. The maximum Gasteiger partial charge on any atom is 0.261 e. The molecule has 1 aliphatic rings. The minimum atomic E-state index is -0.429. The van der Waals surface area contributed by atoms with E-state index in [2.05, 4.69) is 10.6 Å². The highest BCUT2D eigenvalue weighted by Gasteiger charge is 2.29. The molecule has 1 aliphatic heterocycles. The molecule has 0 saturated carbocycles. The van der Waals surface area contributed by atoms with Crippen LogP contribution in [0.1, 0.15) is 26.3 Å². The predicted molar refractivity (Wildman–Crippen MR) is 78.7 cm³/mol. The summed E-state index contributed by atoms with van der Waals surface area (Å²) in [7, 11) is 0. The molecular formula is C15H11ClN2O3. The molecule has 0 aliphatic carbocycles. The van der Waals surface area contributed by atoms with Crippen molar-refractivity contribution in [3.8, 4) is 5.75 Å². The zero-order valence-electron chi connectivity index (χ0n) is 10.8. The van der Waals surface area contributed by atoms with Gasteiger partial charge in [0.25, 0.3) is 11.8 Å². The quantitative estimate of drug-likeness (QED) is 0.761. The summed E-state index contributed by atoms with van der Waals surface area (Å²) < 4.78 is 0. The van der Waals surface area contributed by atoms with Crippen molar-refractivity contribution < 1.29 is 14.7 Å². The highest BCUT2D eigenvalue weighted by molar-refractivity contribution is 6.31. The van der Waals surface area contributed by atoms with Crippen molar-refractivity contribution in [1.29, 1.82) is 0 Å². The third-order valence-corrected chi connectivity index (χ3v) is 3.67. The molecular weight excluding hydrogens is 292 g/mol. The number of carbonyl (C=O) groups is 2. The number of hydrogen-bond donors (Lipinski definition) is 3. The maximum atomic E-state index is 11.8. The first-order chi connectivity index (χ1) is 10.1. The van der Waals surface area contributed by atoms with Gasteiger partial charge in [0, 0.05) is 22.8 Å². The lowest BCUT2D eigenvalue weighted by Crippen LogP contribution is -2.20. The molecule has 6 heteroatoms. The Morgan fingerprint density at radius 3 is 2.62 bits per heavy atom. The number of hydrogen-bond acceptors (Lipinski definition) is 4. The number of aromatic hydroxyl groups is 1. The molecule has 0 atom stereocenters. The third-order valence-electron chi connectivity index (χ3n) is 3.31. The van der Waals surface area contributed by atoms with E-state index in [1.165, 1.54) is 6.07 Å². The Labute approximate surface area is 125 Å². The molecule has 0 radical (unpaired) electrons. The Balaban J connectivity index is 1.91. The Morgan fingerprint density at radius 1 is 1.10 bits per heavy atom. The molecule has 0 unspecified atom stereocenters. The second-order valence-electron chi connectivity index (χ2n) is 4.60. The molecule has 0 bridgehead atoms. The first-order valence-corrected chi connectivity index (χ1v) is 6.64. The lowest BCUT2D eigenvalue weighted by atomic mass is 10.1. The highest BCUT2D eigenvalue weighted by Crippen LogP contribution is 2.28. The third kappa shape index (κ3) is 2.32. The van der Waals surface area contributed by atoms with Gasteiger partial charge in [0.05, 0.1) is 11.1 Å². The van der Waals surface area contributed by atoms with Crippen LogP contribution in [0.5, 0.6) is 5.75 Å². The van der Waals surface area contributed by atoms with E-state index in [4.69, 9.17) is 11.6 Å². The zero-order valence-corrected chi connectivity index (χ0v) is 11.6. The largest absolute Gasteiger partial charge is 0.508 e. The maximum absolute atomic E-state index is 11.8. The Morgan fingerprint density at radius 2 is 1.86 bits per heavy atom. The van der Waals surface area contributed by atoms with Crippen LogP contribution in [0.4, 0.5) is 5.69 Å². The number of imide groups is 1. The van der Waals surface area contributed by atoms with E-state index >= 15 is 0 Å². The second-order valence-corrected chi connectivity index (χ2v) is 5.01. The topological polar surface area (TPSA) is 78.4 Å². The molecule has 2 aromatic carbocycles. The number of phenols is 1. The van der Waals surface area contributed by atoms with Gasteiger partial charge in [0.15, 0.2) is 0 Å². The minimum absolute atomic E-state index is 0.0723. The molecule has 5 nitrogen and oxygen atoms in total. The molecule has 3 rings (SSSR count). The Hall–Kier alpha value is -2.53.